The SMILES string of the molecule is N#Cc1cc(Oc2c(F)c(CC(=O)O)cc(Br)c2Br)cc(C(F)F)c1. The van der Waals surface area contributed by atoms with E-state index in [2.05, 4.69) is 31.9 Å². The highest BCUT2D eigenvalue weighted by Crippen LogP contribution is 2.40. The smallest absolute Gasteiger partial charge is 0.307 e. The molecule has 0 radical (unpaired) electrons. The second-order valence-corrected chi connectivity index (χ2v) is 6.50. The molecule has 0 bridgehead atoms. The largest absolute Gasteiger partial charge is 0.481 e. The number of rotatable bonds is 5. The minimum absolute atomic E-state index is 0.0786. The first-order valence-electron chi connectivity index (χ1n) is 6.62. The Kier molecular flexibility index (Phi) is 6.08. The molecule has 2 aromatic rings. The summed E-state index contributed by atoms with van der Waals surface area (Å²) < 4.78 is 46.2. The third-order valence-corrected chi connectivity index (χ3v) is 5.01. The highest BCUT2D eigenvalue weighted by atomic mass is 79.9. The van der Waals surface area contributed by atoms with Crippen LogP contribution in [0.25, 0.3) is 0 Å². The fourth-order valence-corrected chi connectivity index (χ4v) is 2.83. The number of nitriles is 1. The van der Waals surface area contributed by atoms with Crippen LogP contribution in [0.5, 0.6) is 11.5 Å². The van der Waals surface area contributed by atoms with Crippen molar-refractivity contribution < 1.29 is 27.8 Å². The molecule has 0 amide bonds. The van der Waals surface area contributed by atoms with E-state index in [0.717, 1.165) is 12.1 Å². The number of hydrogen-bond acceptors (Lipinski definition) is 3. The first-order valence-corrected chi connectivity index (χ1v) is 8.20. The molecular formula is C16H8Br2F3NO3. The monoisotopic (exact) mass is 477 g/mol. The van der Waals surface area contributed by atoms with Crippen molar-refractivity contribution in [3.8, 4) is 17.6 Å². The maximum Gasteiger partial charge on any atom is 0.307 e. The van der Waals surface area contributed by atoms with E-state index in [0.29, 0.717) is 4.47 Å². The number of ether oxygens (including phenoxy) is 1. The number of carboxylic acid groups (broad SMARTS) is 1. The molecule has 0 aliphatic carbocycles. The van der Waals surface area contributed by atoms with E-state index >= 15 is 0 Å². The number of carboxylic acids is 1. The highest BCUT2D eigenvalue weighted by Gasteiger charge is 2.20. The molecule has 2 rings (SSSR count). The molecule has 0 fully saturated rings. The molecule has 25 heavy (non-hydrogen) atoms. The summed E-state index contributed by atoms with van der Waals surface area (Å²) in [7, 11) is 0. The Labute approximate surface area is 157 Å². The summed E-state index contributed by atoms with van der Waals surface area (Å²) in [5.74, 6) is -2.74. The average Bonchev–Trinajstić information content (AvgIpc) is 2.55. The van der Waals surface area contributed by atoms with Crippen molar-refractivity contribution in [3.63, 3.8) is 0 Å². The molecule has 0 saturated heterocycles. The van der Waals surface area contributed by atoms with Gasteiger partial charge in [-0.15, -0.1) is 0 Å². The molecule has 130 valence electrons. The minimum Gasteiger partial charge on any atom is -0.481 e. The lowest BCUT2D eigenvalue weighted by atomic mass is 10.1. The van der Waals surface area contributed by atoms with Gasteiger partial charge in [0.15, 0.2) is 11.6 Å². The zero-order valence-electron chi connectivity index (χ0n) is 12.2. The van der Waals surface area contributed by atoms with E-state index < -0.39 is 30.2 Å². The average molecular weight is 479 g/mol. The first kappa shape index (κ1) is 19.3. The van der Waals surface area contributed by atoms with Crippen LogP contribution in [0, 0.1) is 17.1 Å². The zero-order valence-corrected chi connectivity index (χ0v) is 15.4. The van der Waals surface area contributed by atoms with Gasteiger partial charge in [0.25, 0.3) is 6.43 Å². The number of nitrogens with zero attached hydrogens (tertiary/aromatic N) is 1. The molecule has 2 aromatic carbocycles. The summed E-state index contributed by atoms with van der Waals surface area (Å²) in [5, 5.41) is 17.8. The van der Waals surface area contributed by atoms with Crippen LogP contribution < -0.4 is 4.74 Å². The van der Waals surface area contributed by atoms with Gasteiger partial charge in [-0.05, 0) is 56.1 Å². The summed E-state index contributed by atoms with van der Waals surface area (Å²) in [6.07, 6.45) is -3.43. The number of aliphatic carboxylic acids is 1. The third-order valence-electron chi connectivity index (χ3n) is 3.06. The van der Waals surface area contributed by atoms with Gasteiger partial charge in [-0.25, -0.2) is 13.2 Å². The van der Waals surface area contributed by atoms with Crippen LogP contribution in [0.15, 0.2) is 33.2 Å². The fourth-order valence-electron chi connectivity index (χ4n) is 2.00. The zero-order chi connectivity index (χ0) is 18.7. The number of carbonyl (C=O) groups is 1. The normalized spacial score (nSPS) is 10.6. The molecular weight excluding hydrogens is 471 g/mol. The predicted octanol–water partition coefficient (Wildman–Crippen LogP) is 5.58. The second kappa shape index (κ2) is 7.89. The Morgan fingerprint density at radius 1 is 1.28 bits per heavy atom. The van der Waals surface area contributed by atoms with E-state index in [1.165, 1.54) is 12.1 Å². The molecule has 0 aliphatic heterocycles. The summed E-state index contributed by atoms with van der Waals surface area (Å²) in [4.78, 5) is 10.8. The first-order chi connectivity index (χ1) is 11.7. The van der Waals surface area contributed by atoms with Gasteiger partial charge >= 0.3 is 5.97 Å². The summed E-state index contributed by atoms with van der Waals surface area (Å²) in [6.45, 7) is 0. The van der Waals surface area contributed by atoms with Crippen molar-refractivity contribution in [2.24, 2.45) is 0 Å². The van der Waals surface area contributed by atoms with Crippen LogP contribution in [-0.2, 0) is 11.2 Å². The number of benzene rings is 2. The molecule has 1 N–H and O–H groups in total. The van der Waals surface area contributed by atoms with E-state index in [-0.39, 0.29) is 27.1 Å². The van der Waals surface area contributed by atoms with Gasteiger partial charge in [-0.2, -0.15) is 5.26 Å². The molecule has 4 nitrogen and oxygen atoms in total. The molecule has 0 aromatic heterocycles. The van der Waals surface area contributed by atoms with Crippen LogP contribution in [0.2, 0.25) is 0 Å². The number of alkyl halides is 2. The van der Waals surface area contributed by atoms with E-state index in [1.54, 1.807) is 6.07 Å². The lowest BCUT2D eigenvalue weighted by molar-refractivity contribution is -0.136. The summed E-state index contributed by atoms with van der Waals surface area (Å²) in [6, 6.07) is 6.15. The fraction of sp³-hybridized carbons (Fsp3) is 0.125. The van der Waals surface area contributed by atoms with Crippen molar-refractivity contribution in [2.75, 3.05) is 0 Å². The van der Waals surface area contributed by atoms with Gasteiger partial charge < -0.3 is 9.84 Å². The number of halogens is 5. The Morgan fingerprint density at radius 2 is 1.96 bits per heavy atom. The summed E-state index contributed by atoms with van der Waals surface area (Å²) >= 11 is 6.24. The van der Waals surface area contributed by atoms with Gasteiger partial charge in [0.05, 0.1) is 22.5 Å². The molecule has 0 saturated carbocycles. The van der Waals surface area contributed by atoms with Crippen molar-refractivity contribution in [2.45, 2.75) is 12.8 Å². The Hall–Kier alpha value is -2.05. The van der Waals surface area contributed by atoms with Crippen molar-refractivity contribution in [1.29, 1.82) is 5.26 Å². The van der Waals surface area contributed by atoms with Crippen LogP contribution >= 0.6 is 31.9 Å². The lowest BCUT2D eigenvalue weighted by Crippen LogP contribution is -2.04. The van der Waals surface area contributed by atoms with Crippen LogP contribution in [0.4, 0.5) is 13.2 Å². The quantitative estimate of drug-likeness (QED) is 0.569. The van der Waals surface area contributed by atoms with Gasteiger partial charge in [0.1, 0.15) is 5.75 Å². The van der Waals surface area contributed by atoms with Crippen molar-refractivity contribution in [1.82, 2.24) is 0 Å². The van der Waals surface area contributed by atoms with E-state index in [1.807, 2.05) is 0 Å². The van der Waals surface area contributed by atoms with Gasteiger partial charge in [0.2, 0.25) is 0 Å². The van der Waals surface area contributed by atoms with Gasteiger partial charge in [0, 0.05) is 15.6 Å². The molecule has 0 aliphatic rings. The van der Waals surface area contributed by atoms with Crippen LogP contribution in [0.1, 0.15) is 23.1 Å². The Morgan fingerprint density at radius 3 is 2.52 bits per heavy atom. The molecule has 0 atom stereocenters. The summed E-state index contributed by atoms with van der Waals surface area (Å²) in [5.41, 5.74) is -0.681. The van der Waals surface area contributed by atoms with Crippen molar-refractivity contribution in [3.05, 3.63) is 55.7 Å². The van der Waals surface area contributed by atoms with Crippen LogP contribution in [-0.4, -0.2) is 11.1 Å². The Bertz CT molecular complexity index is 882. The second-order valence-electron chi connectivity index (χ2n) is 4.85. The molecule has 9 heteroatoms. The standard InChI is InChI=1S/C16H8Br2F3NO3/c17-11-4-8(5-12(23)24)14(19)15(13(11)18)25-10-2-7(6-22)1-9(3-10)16(20)21/h1-4,16H,5H2,(H,23,24). The van der Waals surface area contributed by atoms with E-state index in [9.17, 15) is 18.0 Å². The van der Waals surface area contributed by atoms with Crippen molar-refractivity contribution >= 4 is 37.8 Å². The maximum atomic E-state index is 14.5. The predicted molar refractivity (Wildman–Crippen MR) is 89.3 cm³/mol. The Balaban J connectivity index is 2.53. The maximum absolute atomic E-state index is 14.5. The number of hydrogen-bond donors (Lipinski definition) is 1. The molecule has 0 heterocycles. The molecule has 0 spiro atoms. The lowest BCUT2D eigenvalue weighted by Gasteiger charge is -2.14. The molecule has 0 unspecified atom stereocenters. The van der Waals surface area contributed by atoms with E-state index in [4.69, 9.17) is 15.1 Å². The van der Waals surface area contributed by atoms with Crippen LogP contribution in [0.3, 0.4) is 0 Å². The minimum atomic E-state index is -2.84. The van der Waals surface area contributed by atoms with Gasteiger partial charge in [-0.3, -0.25) is 4.79 Å². The third kappa shape index (κ3) is 4.52. The highest BCUT2D eigenvalue weighted by molar-refractivity contribution is 9.13. The van der Waals surface area contributed by atoms with Gasteiger partial charge in [-0.1, -0.05) is 0 Å². The topological polar surface area (TPSA) is 70.3 Å².